The highest BCUT2D eigenvalue weighted by Gasteiger charge is 2.32. The molecule has 1 aromatic heterocycles. The normalized spacial score (nSPS) is 17.0. The van der Waals surface area contributed by atoms with E-state index in [0.717, 1.165) is 28.9 Å². The second-order valence-corrected chi connectivity index (χ2v) is 6.18. The highest BCUT2D eigenvalue weighted by atomic mass is 35.5. The quantitative estimate of drug-likeness (QED) is 0.828. The minimum absolute atomic E-state index is 0.226. The smallest absolute Gasteiger partial charge is 0.133 e. The van der Waals surface area contributed by atoms with Gasteiger partial charge in [-0.15, -0.1) is 11.6 Å². The molecule has 1 aliphatic carbocycles. The molecular weight excluding hydrogens is 284 g/mol. The molecule has 0 amide bonds. The van der Waals surface area contributed by atoms with E-state index in [1.54, 1.807) is 7.11 Å². The predicted octanol–water partition coefficient (Wildman–Crippen LogP) is 4.45. The van der Waals surface area contributed by atoms with Crippen molar-refractivity contribution in [2.24, 2.45) is 5.41 Å². The first-order chi connectivity index (χ1) is 10.3. The minimum Gasteiger partial charge on any atom is -0.496 e. The zero-order valence-electron chi connectivity index (χ0n) is 12.4. The van der Waals surface area contributed by atoms with Crippen molar-refractivity contribution in [1.82, 2.24) is 4.98 Å². The molecule has 1 aromatic carbocycles. The molecule has 3 rings (SSSR count). The van der Waals surface area contributed by atoms with Crippen LogP contribution in [0.1, 0.15) is 25.7 Å². The van der Waals surface area contributed by atoms with Crippen LogP contribution in [0.2, 0.25) is 0 Å². The number of anilines is 1. The van der Waals surface area contributed by atoms with Crippen molar-refractivity contribution >= 4 is 28.2 Å². The number of methoxy groups -OCH3 is 1. The summed E-state index contributed by atoms with van der Waals surface area (Å²) in [5.41, 5.74) is 0.226. The van der Waals surface area contributed by atoms with E-state index in [-0.39, 0.29) is 5.41 Å². The topological polar surface area (TPSA) is 34.1 Å². The fourth-order valence-corrected chi connectivity index (χ4v) is 3.61. The second kappa shape index (κ2) is 6.10. The number of benzene rings is 1. The van der Waals surface area contributed by atoms with E-state index in [0.29, 0.717) is 5.88 Å². The number of nitrogens with zero attached hydrogens (tertiary/aromatic N) is 1. The molecule has 0 atom stereocenters. The van der Waals surface area contributed by atoms with Gasteiger partial charge in [-0.25, -0.2) is 4.98 Å². The average molecular weight is 305 g/mol. The fraction of sp³-hybridized carbons (Fsp3) is 0.471. The first-order valence-corrected chi connectivity index (χ1v) is 8.03. The summed E-state index contributed by atoms with van der Waals surface area (Å²) in [5.74, 6) is 2.52. The number of hydrogen-bond acceptors (Lipinski definition) is 3. The first kappa shape index (κ1) is 14.5. The Morgan fingerprint density at radius 3 is 2.76 bits per heavy atom. The summed E-state index contributed by atoms with van der Waals surface area (Å²) in [6.07, 6.45) is 6.81. The largest absolute Gasteiger partial charge is 0.496 e. The van der Waals surface area contributed by atoms with E-state index in [2.05, 4.69) is 16.4 Å². The van der Waals surface area contributed by atoms with Gasteiger partial charge in [0.1, 0.15) is 11.6 Å². The monoisotopic (exact) mass is 304 g/mol. The molecule has 1 N–H and O–H groups in total. The van der Waals surface area contributed by atoms with E-state index >= 15 is 0 Å². The number of alkyl halides is 1. The maximum atomic E-state index is 6.22. The number of hydrogen-bond donors (Lipinski definition) is 1. The van der Waals surface area contributed by atoms with Crippen molar-refractivity contribution in [1.29, 1.82) is 0 Å². The molecule has 112 valence electrons. The molecule has 0 spiro atoms. The SMILES string of the molecule is COc1cccc2c(NCC3(CCl)CCCC3)nccc12. The van der Waals surface area contributed by atoms with Gasteiger partial charge in [-0.05, 0) is 25.0 Å². The van der Waals surface area contributed by atoms with Gasteiger partial charge in [0, 0.05) is 34.8 Å². The minimum atomic E-state index is 0.226. The van der Waals surface area contributed by atoms with E-state index in [1.165, 1.54) is 25.7 Å². The van der Waals surface area contributed by atoms with Gasteiger partial charge in [0.05, 0.1) is 7.11 Å². The Balaban J connectivity index is 1.87. The number of aromatic nitrogens is 1. The molecule has 1 saturated carbocycles. The van der Waals surface area contributed by atoms with E-state index in [9.17, 15) is 0 Å². The fourth-order valence-electron chi connectivity index (χ4n) is 3.25. The number of fused-ring (bicyclic) bond motifs is 1. The number of halogens is 1. The van der Waals surface area contributed by atoms with Crippen LogP contribution in [0, 0.1) is 5.41 Å². The van der Waals surface area contributed by atoms with Crippen LogP contribution < -0.4 is 10.1 Å². The molecule has 1 heterocycles. The number of pyridine rings is 1. The molecule has 21 heavy (non-hydrogen) atoms. The van der Waals surface area contributed by atoms with Crippen molar-refractivity contribution in [2.45, 2.75) is 25.7 Å². The van der Waals surface area contributed by atoms with Gasteiger partial charge in [0.15, 0.2) is 0 Å². The van der Waals surface area contributed by atoms with Crippen LogP contribution in [-0.4, -0.2) is 24.5 Å². The van der Waals surface area contributed by atoms with Crippen molar-refractivity contribution in [2.75, 3.05) is 24.9 Å². The third kappa shape index (κ3) is 2.80. The van der Waals surface area contributed by atoms with Crippen LogP contribution in [-0.2, 0) is 0 Å². The Bertz CT molecular complexity index is 623. The van der Waals surface area contributed by atoms with Gasteiger partial charge < -0.3 is 10.1 Å². The Morgan fingerprint density at radius 2 is 2.05 bits per heavy atom. The summed E-state index contributed by atoms with van der Waals surface area (Å²) in [7, 11) is 1.70. The molecule has 2 aromatic rings. The first-order valence-electron chi connectivity index (χ1n) is 7.50. The molecular formula is C17H21ClN2O. The number of ether oxygens (including phenoxy) is 1. The maximum Gasteiger partial charge on any atom is 0.133 e. The van der Waals surface area contributed by atoms with Crippen LogP contribution in [0.4, 0.5) is 5.82 Å². The lowest BCUT2D eigenvalue weighted by Gasteiger charge is -2.27. The summed E-state index contributed by atoms with van der Waals surface area (Å²) < 4.78 is 5.42. The van der Waals surface area contributed by atoms with Crippen LogP contribution in [0.3, 0.4) is 0 Å². The Kier molecular flexibility index (Phi) is 4.20. The van der Waals surface area contributed by atoms with Gasteiger partial charge in [-0.1, -0.05) is 25.0 Å². The summed E-state index contributed by atoms with van der Waals surface area (Å²) >= 11 is 6.22. The third-order valence-corrected chi connectivity index (χ3v) is 5.13. The van der Waals surface area contributed by atoms with Crippen molar-refractivity contribution in [3.63, 3.8) is 0 Å². The second-order valence-electron chi connectivity index (χ2n) is 5.91. The number of nitrogens with one attached hydrogen (secondary N) is 1. The molecule has 0 unspecified atom stereocenters. The summed E-state index contributed by atoms with van der Waals surface area (Å²) in [5, 5.41) is 5.71. The molecule has 4 heteroatoms. The number of rotatable bonds is 5. The molecule has 0 aliphatic heterocycles. The maximum absolute atomic E-state index is 6.22. The van der Waals surface area contributed by atoms with Gasteiger partial charge in [-0.3, -0.25) is 0 Å². The van der Waals surface area contributed by atoms with Crippen LogP contribution >= 0.6 is 11.6 Å². The highest BCUT2D eigenvalue weighted by Crippen LogP contribution is 2.39. The Hall–Kier alpha value is -1.48. The molecule has 3 nitrogen and oxygen atoms in total. The van der Waals surface area contributed by atoms with Gasteiger partial charge >= 0.3 is 0 Å². The summed E-state index contributed by atoms with van der Waals surface area (Å²) in [6.45, 7) is 0.889. The molecule has 0 bridgehead atoms. The molecule has 0 radical (unpaired) electrons. The predicted molar refractivity (Wildman–Crippen MR) is 88.4 cm³/mol. The Labute approximate surface area is 130 Å². The Morgan fingerprint density at radius 1 is 1.24 bits per heavy atom. The summed E-state index contributed by atoms with van der Waals surface area (Å²) in [6, 6.07) is 8.05. The highest BCUT2D eigenvalue weighted by molar-refractivity contribution is 6.18. The van der Waals surface area contributed by atoms with Crippen molar-refractivity contribution < 1.29 is 4.74 Å². The zero-order valence-corrected chi connectivity index (χ0v) is 13.1. The lowest BCUT2D eigenvalue weighted by Crippen LogP contribution is -2.28. The van der Waals surface area contributed by atoms with Crippen LogP contribution in [0.15, 0.2) is 30.5 Å². The van der Waals surface area contributed by atoms with Crippen molar-refractivity contribution in [3.05, 3.63) is 30.5 Å². The van der Waals surface area contributed by atoms with E-state index in [1.807, 2.05) is 24.4 Å². The van der Waals surface area contributed by atoms with Gasteiger partial charge in [-0.2, -0.15) is 0 Å². The third-order valence-electron chi connectivity index (χ3n) is 4.56. The van der Waals surface area contributed by atoms with Gasteiger partial charge in [0.2, 0.25) is 0 Å². The van der Waals surface area contributed by atoms with Crippen LogP contribution in [0.25, 0.3) is 10.8 Å². The molecule has 1 aliphatic rings. The molecule has 0 saturated heterocycles. The van der Waals surface area contributed by atoms with Gasteiger partial charge in [0.25, 0.3) is 0 Å². The van der Waals surface area contributed by atoms with E-state index < -0.39 is 0 Å². The summed E-state index contributed by atoms with van der Waals surface area (Å²) in [4.78, 5) is 4.50. The van der Waals surface area contributed by atoms with Crippen LogP contribution in [0.5, 0.6) is 5.75 Å². The zero-order chi connectivity index (χ0) is 14.7. The lowest BCUT2D eigenvalue weighted by atomic mass is 9.88. The van der Waals surface area contributed by atoms with E-state index in [4.69, 9.17) is 16.3 Å². The standard InChI is InChI=1S/C17H21ClN2O/c1-21-15-6-4-5-14-13(15)7-10-19-16(14)20-12-17(11-18)8-2-3-9-17/h4-7,10H,2-3,8-9,11-12H2,1H3,(H,19,20). The lowest BCUT2D eigenvalue weighted by molar-refractivity contribution is 0.368. The van der Waals surface area contributed by atoms with Crippen molar-refractivity contribution in [3.8, 4) is 5.75 Å². The average Bonchev–Trinajstić information content (AvgIpc) is 3.01. The molecule has 1 fully saturated rings.